The summed E-state index contributed by atoms with van der Waals surface area (Å²) in [7, 11) is 0. The van der Waals surface area contributed by atoms with Gasteiger partial charge in [-0.05, 0) is 31.2 Å². The molecular weight excluding hydrogens is 268 g/mol. The van der Waals surface area contributed by atoms with E-state index in [0.29, 0.717) is 11.5 Å². The Hall–Kier alpha value is -1.62. The summed E-state index contributed by atoms with van der Waals surface area (Å²) in [5.41, 5.74) is 0.0774. The Morgan fingerprint density at radius 1 is 1.38 bits per heavy atom. The average Bonchev–Trinajstić information content (AvgIpc) is 2.82. The van der Waals surface area contributed by atoms with Crippen LogP contribution < -0.4 is 10.9 Å². The Bertz CT molecular complexity index is 557. The first-order valence-electron chi connectivity index (χ1n) is 7.62. The van der Waals surface area contributed by atoms with Crippen molar-refractivity contribution in [3.05, 3.63) is 33.7 Å². The summed E-state index contributed by atoms with van der Waals surface area (Å²) in [4.78, 5) is 26.5. The van der Waals surface area contributed by atoms with Gasteiger partial charge in [0.05, 0.1) is 5.60 Å². The first-order chi connectivity index (χ1) is 9.88. The van der Waals surface area contributed by atoms with E-state index < -0.39 is 5.60 Å². The zero-order chi connectivity index (χ0) is 15.5. The molecule has 0 spiro atoms. The van der Waals surface area contributed by atoms with Gasteiger partial charge < -0.3 is 15.4 Å². The van der Waals surface area contributed by atoms with E-state index in [-0.39, 0.29) is 18.0 Å². The van der Waals surface area contributed by atoms with Gasteiger partial charge in [-0.25, -0.2) is 0 Å². The van der Waals surface area contributed by atoms with Crippen molar-refractivity contribution in [3.8, 4) is 0 Å². The maximum Gasteiger partial charge on any atom is 0.251 e. The smallest absolute Gasteiger partial charge is 0.251 e. The molecular formula is C16H24N2O3. The van der Waals surface area contributed by atoms with Gasteiger partial charge in [-0.1, -0.05) is 26.7 Å². The summed E-state index contributed by atoms with van der Waals surface area (Å²) in [5, 5.41) is 13.0. The second-order valence-electron chi connectivity index (χ2n) is 6.47. The van der Waals surface area contributed by atoms with Crippen molar-refractivity contribution in [2.24, 2.45) is 5.92 Å². The fourth-order valence-electron chi connectivity index (χ4n) is 2.84. The Balaban J connectivity index is 2.04. The van der Waals surface area contributed by atoms with Gasteiger partial charge in [0.25, 0.3) is 5.91 Å². The van der Waals surface area contributed by atoms with Crippen LogP contribution in [0.25, 0.3) is 0 Å². The second kappa shape index (κ2) is 6.43. The van der Waals surface area contributed by atoms with Crippen LogP contribution in [-0.2, 0) is 6.42 Å². The van der Waals surface area contributed by atoms with Crippen molar-refractivity contribution in [3.63, 3.8) is 0 Å². The number of nitrogens with one attached hydrogen (secondary N) is 2. The molecule has 0 aliphatic heterocycles. The summed E-state index contributed by atoms with van der Waals surface area (Å²) in [6.45, 7) is 4.36. The third kappa shape index (κ3) is 4.43. The van der Waals surface area contributed by atoms with Gasteiger partial charge in [-0.2, -0.15) is 0 Å². The number of hydrogen-bond donors (Lipinski definition) is 3. The molecule has 0 bridgehead atoms. The van der Waals surface area contributed by atoms with E-state index in [0.717, 1.165) is 37.8 Å². The third-order valence-electron chi connectivity index (χ3n) is 3.90. The van der Waals surface area contributed by atoms with Crippen LogP contribution >= 0.6 is 0 Å². The molecule has 5 nitrogen and oxygen atoms in total. The number of amides is 1. The molecule has 5 heteroatoms. The highest BCUT2D eigenvalue weighted by Gasteiger charge is 2.31. The number of hydrogen-bond acceptors (Lipinski definition) is 3. The highest BCUT2D eigenvalue weighted by molar-refractivity contribution is 5.94. The van der Waals surface area contributed by atoms with Gasteiger partial charge >= 0.3 is 0 Å². The summed E-state index contributed by atoms with van der Waals surface area (Å²) in [5.74, 6) is 0.101. The van der Waals surface area contributed by atoms with E-state index in [1.54, 1.807) is 6.07 Å². The van der Waals surface area contributed by atoms with Crippen molar-refractivity contribution < 1.29 is 9.90 Å². The fourth-order valence-corrected chi connectivity index (χ4v) is 2.84. The largest absolute Gasteiger partial charge is 0.388 e. The normalized spacial score (nSPS) is 17.1. The molecule has 0 unspecified atom stereocenters. The van der Waals surface area contributed by atoms with E-state index in [1.165, 1.54) is 6.07 Å². The van der Waals surface area contributed by atoms with Crippen LogP contribution in [0.5, 0.6) is 0 Å². The molecule has 1 heterocycles. The Labute approximate surface area is 124 Å². The van der Waals surface area contributed by atoms with Crippen molar-refractivity contribution in [2.75, 3.05) is 6.54 Å². The van der Waals surface area contributed by atoms with Gasteiger partial charge in [0.2, 0.25) is 5.56 Å². The van der Waals surface area contributed by atoms with Gasteiger partial charge in [0.15, 0.2) is 0 Å². The number of carbonyl (C=O) groups excluding carboxylic acids is 1. The van der Waals surface area contributed by atoms with Gasteiger partial charge in [0.1, 0.15) is 0 Å². The monoisotopic (exact) mass is 292 g/mol. The molecule has 21 heavy (non-hydrogen) atoms. The SMILES string of the molecule is CC(C)Cc1cc(C(=O)NCC2(O)CCCC2)cc(=O)[nH]1. The van der Waals surface area contributed by atoms with Crippen LogP contribution in [0.3, 0.4) is 0 Å². The molecule has 2 rings (SSSR count). The molecule has 1 aliphatic rings. The molecule has 1 aromatic heterocycles. The van der Waals surface area contributed by atoms with E-state index >= 15 is 0 Å². The van der Waals surface area contributed by atoms with Crippen molar-refractivity contribution in [1.82, 2.24) is 10.3 Å². The zero-order valence-corrected chi connectivity index (χ0v) is 12.7. The van der Waals surface area contributed by atoms with Crippen LogP contribution in [0, 0.1) is 5.92 Å². The van der Waals surface area contributed by atoms with Crippen molar-refractivity contribution in [2.45, 2.75) is 51.6 Å². The highest BCUT2D eigenvalue weighted by Crippen LogP contribution is 2.28. The number of aromatic nitrogens is 1. The molecule has 1 amide bonds. The number of aromatic amines is 1. The van der Waals surface area contributed by atoms with Crippen molar-refractivity contribution in [1.29, 1.82) is 0 Å². The van der Waals surface area contributed by atoms with Gasteiger partial charge in [-0.3, -0.25) is 9.59 Å². The molecule has 1 fully saturated rings. The molecule has 0 saturated heterocycles. The Morgan fingerprint density at radius 3 is 2.67 bits per heavy atom. The first kappa shape index (κ1) is 15.8. The summed E-state index contributed by atoms with van der Waals surface area (Å²) < 4.78 is 0. The van der Waals surface area contributed by atoms with Gasteiger partial charge in [0, 0.05) is 23.9 Å². The second-order valence-corrected chi connectivity index (χ2v) is 6.47. The Morgan fingerprint density at radius 2 is 2.05 bits per heavy atom. The van der Waals surface area contributed by atoms with Crippen LogP contribution in [0.4, 0.5) is 0 Å². The molecule has 0 radical (unpaired) electrons. The zero-order valence-electron chi connectivity index (χ0n) is 12.7. The van der Waals surface area contributed by atoms with Crippen molar-refractivity contribution >= 4 is 5.91 Å². The summed E-state index contributed by atoms with van der Waals surface area (Å²) in [6, 6.07) is 3.02. The quantitative estimate of drug-likeness (QED) is 0.771. The first-order valence-corrected chi connectivity index (χ1v) is 7.62. The lowest BCUT2D eigenvalue weighted by molar-refractivity contribution is 0.0449. The van der Waals surface area contributed by atoms with E-state index in [1.807, 2.05) is 0 Å². The lowest BCUT2D eigenvalue weighted by atomic mass is 10.0. The van der Waals surface area contributed by atoms with Gasteiger partial charge in [-0.15, -0.1) is 0 Å². The molecule has 0 atom stereocenters. The molecule has 1 aromatic rings. The molecule has 1 saturated carbocycles. The lowest BCUT2D eigenvalue weighted by Gasteiger charge is -2.22. The number of pyridine rings is 1. The maximum absolute atomic E-state index is 12.2. The predicted molar refractivity (Wildman–Crippen MR) is 81.4 cm³/mol. The average molecular weight is 292 g/mol. The standard InChI is InChI=1S/C16H24N2O3/c1-11(2)7-13-8-12(9-14(19)18-13)15(20)17-10-16(21)5-3-4-6-16/h8-9,11,21H,3-7,10H2,1-2H3,(H,17,20)(H,18,19). The van der Waals surface area contributed by atoms with Crippen LogP contribution in [0.2, 0.25) is 0 Å². The number of aliphatic hydroxyl groups is 1. The summed E-state index contributed by atoms with van der Waals surface area (Å²) in [6.07, 6.45) is 4.16. The minimum atomic E-state index is -0.780. The van der Waals surface area contributed by atoms with Crippen LogP contribution in [-0.4, -0.2) is 28.1 Å². The van der Waals surface area contributed by atoms with Crippen LogP contribution in [0.15, 0.2) is 16.9 Å². The molecule has 116 valence electrons. The summed E-state index contributed by atoms with van der Waals surface area (Å²) >= 11 is 0. The van der Waals surface area contributed by atoms with E-state index in [4.69, 9.17) is 0 Å². The topological polar surface area (TPSA) is 82.2 Å². The molecule has 3 N–H and O–H groups in total. The van der Waals surface area contributed by atoms with E-state index in [2.05, 4.69) is 24.1 Å². The number of carbonyl (C=O) groups is 1. The number of rotatable bonds is 5. The molecule has 1 aliphatic carbocycles. The maximum atomic E-state index is 12.2. The van der Waals surface area contributed by atoms with E-state index in [9.17, 15) is 14.7 Å². The highest BCUT2D eigenvalue weighted by atomic mass is 16.3. The minimum absolute atomic E-state index is 0.248. The predicted octanol–water partition coefficient (Wildman–Crippen LogP) is 1.61. The Kier molecular flexibility index (Phi) is 4.83. The lowest BCUT2D eigenvalue weighted by Crippen LogP contribution is -2.41. The minimum Gasteiger partial charge on any atom is -0.388 e. The third-order valence-corrected chi connectivity index (χ3v) is 3.90. The van der Waals surface area contributed by atoms with Crippen LogP contribution in [0.1, 0.15) is 55.6 Å². The fraction of sp³-hybridized carbons (Fsp3) is 0.625. The molecule has 0 aromatic carbocycles. The number of H-pyrrole nitrogens is 1.